The van der Waals surface area contributed by atoms with Crippen LogP contribution in [0.25, 0.3) is 20.0 Å². The van der Waals surface area contributed by atoms with E-state index < -0.39 is 30.0 Å². The number of aliphatic imine (C=N–C) groups is 4. The molecule has 4 atom stereocenters. The summed E-state index contributed by atoms with van der Waals surface area (Å²) < 4.78 is 44.2. The van der Waals surface area contributed by atoms with E-state index in [0.717, 1.165) is 186 Å². The van der Waals surface area contributed by atoms with Gasteiger partial charge in [-0.05, 0) is 249 Å². The molecular formula is C111H96Cl5FN20O9S4. The minimum Gasteiger partial charge on any atom is -0.457 e. The number of fused-ring (bicyclic) bond motifs is 16. The first-order valence-electron chi connectivity index (χ1n) is 48.6. The molecule has 760 valence electrons. The van der Waals surface area contributed by atoms with Crippen molar-refractivity contribution in [3.05, 3.63) is 366 Å². The first kappa shape index (κ1) is 101. The number of aryl methyl sites for hydroxylation is 8. The van der Waals surface area contributed by atoms with Crippen molar-refractivity contribution in [3.8, 4) is 20.0 Å². The summed E-state index contributed by atoms with van der Waals surface area (Å²) in [5.74, 6) is 3.64. The van der Waals surface area contributed by atoms with Gasteiger partial charge in [-0.2, -0.15) is 0 Å². The van der Waals surface area contributed by atoms with E-state index >= 15 is 0 Å². The summed E-state index contributed by atoms with van der Waals surface area (Å²) in [6, 6.07) is 46.4. The zero-order valence-corrected chi connectivity index (χ0v) is 90.3. The van der Waals surface area contributed by atoms with Gasteiger partial charge >= 0.3 is 5.97 Å². The number of halogens is 6. The van der Waals surface area contributed by atoms with Crippen molar-refractivity contribution in [2.24, 2.45) is 25.4 Å². The molecular weight excluding hydrogens is 2080 g/mol. The molecule has 150 heavy (non-hydrogen) atoms. The lowest BCUT2D eigenvalue weighted by Gasteiger charge is -2.37. The Bertz CT molecular complexity index is 8160. The highest BCUT2D eigenvalue weighted by Gasteiger charge is 2.45. The molecule has 1 aliphatic carbocycles. The average Bonchev–Trinajstić information content (AvgIpc) is 1.60. The van der Waals surface area contributed by atoms with E-state index in [-0.39, 0.29) is 73.0 Å². The maximum atomic E-state index is 14.7. The van der Waals surface area contributed by atoms with Crippen LogP contribution in [0.5, 0.6) is 0 Å². The van der Waals surface area contributed by atoms with Crippen LogP contribution in [0, 0.1) is 94.3 Å². The Morgan fingerprint density at radius 1 is 0.353 bits per heavy atom. The van der Waals surface area contributed by atoms with Gasteiger partial charge in [0.15, 0.2) is 23.3 Å². The van der Waals surface area contributed by atoms with Gasteiger partial charge in [0.1, 0.15) is 79.9 Å². The average molecular weight is 2180 g/mol. The molecule has 0 bridgehead atoms. The lowest BCUT2D eigenvalue weighted by Crippen LogP contribution is -2.43. The predicted molar refractivity (Wildman–Crippen MR) is 584 cm³/mol. The van der Waals surface area contributed by atoms with Crippen LogP contribution in [0.4, 0.5) is 27.1 Å². The van der Waals surface area contributed by atoms with Gasteiger partial charge < -0.3 is 40.2 Å². The number of nitrogens with zero attached hydrogens (tertiary/aromatic N) is 16. The first-order valence-corrected chi connectivity index (χ1v) is 53.8. The predicted octanol–water partition coefficient (Wildman–Crippen LogP) is 24.0. The quantitative estimate of drug-likeness (QED) is 0.0653. The molecule has 4 N–H and O–H groups in total. The summed E-state index contributed by atoms with van der Waals surface area (Å²) in [6.45, 7) is 28.1. The highest BCUT2D eigenvalue weighted by molar-refractivity contribution is 7.16. The maximum Gasteiger partial charge on any atom is 0.338 e. The number of hydrogen-bond donors (Lipinski definition) is 4. The van der Waals surface area contributed by atoms with Crippen molar-refractivity contribution >= 4 is 179 Å². The van der Waals surface area contributed by atoms with Crippen LogP contribution >= 0.6 is 103 Å². The smallest absolute Gasteiger partial charge is 0.338 e. The number of nitrogens with one attached hydrogen (secondary N) is 4. The number of ether oxygens (including phenoxy) is 4. The van der Waals surface area contributed by atoms with E-state index in [9.17, 15) is 28.4 Å². The van der Waals surface area contributed by atoms with Gasteiger partial charge in [0.25, 0.3) is 0 Å². The summed E-state index contributed by atoms with van der Waals surface area (Å²) in [7, 11) is 0. The van der Waals surface area contributed by atoms with Gasteiger partial charge in [-0.15, -0.1) is 86.1 Å². The van der Waals surface area contributed by atoms with Crippen molar-refractivity contribution in [1.29, 1.82) is 0 Å². The Labute approximate surface area is 902 Å². The number of aromatic nitrogens is 12. The molecule has 8 aromatic carbocycles. The van der Waals surface area contributed by atoms with Crippen molar-refractivity contribution in [2.45, 2.75) is 179 Å². The molecule has 0 saturated carbocycles. The summed E-state index contributed by atoms with van der Waals surface area (Å²) in [6.07, 6.45) is 2.30. The molecule has 0 radical (unpaired) electrons. The third-order valence-electron chi connectivity index (χ3n) is 28.5. The number of anilines is 4. The third kappa shape index (κ3) is 19.4. The van der Waals surface area contributed by atoms with Gasteiger partial charge in [0.2, 0.25) is 23.6 Å². The molecule has 16 heterocycles. The molecule has 8 aromatic heterocycles. The molecule has 0 unspecified atom stereocenters. The topological polar surface area (TPSA) is 343 Å². The number of hydrogen-bond acceptors (Lipinski definition) is 25. The van der Waals surface area contributed by atoms with E-state index in [2.05, 4.69) is 134 Å². The van der Waals surface area contributed by atoms with Crippen molar-refractivity contribution in [2.75, 3.05) is 34.5 Å². The Hall–Kier alpha value is -13.6. The number of rotatable bonds is 16. The second-order valence-corrected chi connectivity index (χ2v) is 45.6. The fraction of sp³-hybridized carbons (Fsp3) is 0.270. The molecule has 1 fully saturated rings. The summed E-state index contributed by atoms with van der Waals surface area (Å²) in [4.78, 5) is 90.5. The highest BCUT2D eigenvalue weighted by atomic mass is 35.5. The lowest BCUT2D eigenvalue weighted by molar-refractivity contribution is -0.117. The molecule has 29 nitrogen and oxygen atoms in total. The number of carbonyl (C=O) groups is 5. The van der Waals surface area contributed by atoms with E-state index in [4.69, 9.17) is 96.9 Å². The lowest BCUT2D eigenvalue weighted by atomic mass is 9.83. The third-order valence-corrected chi connectivity index (χ3v) is 34.6. The van der Waals surface area contributed by atoms with E-state index in [1.807, 2.05) is 157 Å². The van der Waals surface area contributed by atoms with Crippen LogP contribution in [0.15, 0.2) is 178 Å². The Morgan fingerprint density at radius 3 is 1.02 bits per heavy atom. The Kier molecular flexibility index (Phi) is 27.6. The van der Waals surface area contributed by atoms with E-state index in [0.29, 0.717) is 97.6 Å². The molecule has 4 amide bonds. The number of carbonyl (C=O) groups excluding carboxylic acids is 5. The molecule has 25 rings (SSSR count). The minimum absolute atomic E-state index is 0.0325. The van der Waals surface area contributed by atoms with Crippen LogP contribution in [0.3, 0.4) is 0 Å². The van der Waals surface area contributed by atoms with Crippen LogP contribution in [-0.4, -0.2) is 125 Å². The molecule has 39 heteroatoms. The van der Waals surface area contributed by atoms with Crippen LogP contribution < -0.4 is 21.3 Å². The van der Waals surface area contributed by atoms with Crippen molar-refractivity contribution < 1.29 is 47.3 Å². The van der Waals surface area contributed by atoms with Crippen LogP contribution in [0.1, 0.15) is 232 Å². The Balaban J connectivity index is 0.000000113. The zero-order valence-electron chi connectivity index (χ0n) is 83.2. The van der Waals surface area contributed by atoms with Gasteiger partial charge in [0, 0.05) is 106 Å². The van der Waals surface area contributed by atoms with Crippen LogP contribution in [0.2, 0.25) is 25.1 Å². The molecule has 8 aliphatic heterocycles. The van der Waals surface area contributed by atoms with Gasteiger partial charge in [-0.3, -0.25) is 57.4 Å². The van der Waals surface area contributed by atoms with E-state index in [1.54, 1.807) is 69.6 Å². The second-order valence-electron chi connectivity index (χ2n) is 38.6. The second kappa shape index (κ2) is 41.0. The molecule has 1 spiro atoms. The molecule has 1 saturated heterocycles. The monoisotopic (exact) mass is 2170 g/mol. The molecule has 9 aliphatic rings. The maximum absolute atomic E-state index is 14.7. The minimum atomic E-state index is -0.632. The largest absolute Gasteiger partial charge is 0.457 e. The summed E-state index contributed by atoms with van der Waals surface area (Å²) >= 11 is 37.9. The van der Waals surface area contributed by atoms with Gasteiger partial charge in [-0.25, -0.2) is 9.18 Å². The first-order chi connectivity index (χ1) is 72.2. The fourth-order valence-electron chi connectivity index (χ4n) is 20.3. The SMILES string of the molecule is Cc1sc2c(c1C)C(c1ccc(Cl)cc1)=N[C@@H](CC(=O)Nc1cc3c(cc1Cl)COC3)c1nnc(C)n1-2.Cc1sc2c(c1C)C(c1ccc(Cl)cc1)=N[C@@H](CC(=O)Nc1cc3c(cc1F)COC3)c1nnc(C)n1-2.Cc1sc2c(c1C)C(c1ccc(Cl)cc1)=N[C@@H](CC(=O)Nc1ccc3c(c1)C(=O)OC3)c1nnc(C)n1-2.Cc1sc2c(c1C)C(c1ccc(Cl)cc1)=N[C@@H](CC(=O)Nc1ccc3c(c1)CC1(COC1)C3)c1nnc(C)n1-2. The number of esters is 1. The van der Waals surface area contributed by atoms with Crippen molar-refractivity contribution in [1.82, 2.24) is 59.1 Å². The fourth-order valence-corrected chi connectivity index (χ4v) is 25.9. The number of cyclic esters (lactones) is 1. The molecule has 16 aromatic rings. The normalized spacial score (nSPS) is 16.6. The summed E-state index contributed by atoms with van der Waals surface area (Å²) in [5, 5.41) is 54.0. The Morgan fingerprint density at radius 2 is 0.667 bits per heavy atom. The van der Waals surface area contributed by atoms with Crippen molar-refractivity contribution in [3.63, 3.8) is 0 Å². The highest BCUT2D eigenvalue weighted by Crippen LogP contribution is 2.49. The van der Waals surface area contributed by atoms with Gasteiger partial charge in [0.05, 0.1) is 110 Å². The number of thiophene rings is 4. The van der Waals surface area contributed by atoms with Crippen LogP contribution in [-0.2, 0) is 84.0 Å². The zero-order chi connectivity index (χ0) is 104. The van der Waals surface area contributed by atoms with E-state index in [1.165, 1.54) is 37.4 Å². The summed E-state index contributed by atoms with van der Waals surface area (Å²) in [5.41, 5.74) is 25.5. The number of amides is 4. The van der Waals surface area contributed by atoms with Gasteiger partial charge in [-0.1, -0.05) is 119 Å². The standard InChI is InChI=1S/C30H28ClN5O2S.C27H23Cl2N5O2S.C27H23ClFN5O2S.C27H22ClN5O3S/c1-16-17(2)39-29-26(16)27(19-4-7-22(31)8-5-19)33-24(28-35-34-18(3)36(28)29)11-25(37)32-23-9-6-20-12-30(14-38-15-30)13-21(20)10-23;2*1-13-14(2)37-27-24(13)25(16-4-6-19(28)7-5-16)31-22(26-33-32-15(3)34(26)27)10-23(35)30-21-9-18-12-36-11-17(18)8-20(21)29;1-13-14(2)37-26-23(13)24(16-4-7-18(28)8-5-16)30-21(25-32-31-15(3)33(25)26)11-22(34)29-19-9-6-17-12-36-27(35)20(17)10-19/h4-10,24H,11-15H2,1-3H3,(H,32,37);2*4-9,22H,10-12H2,1-3H3,(H,30,35);4-10,21H,11-12H2,1-3H3,(H,29,34)/t24-;2*22-;21-/m0000/s1. The number of benzene rings is 8.